The molecule has 1 amide bonds. The van der Waals surface area contributed by atoms with E-state index in [1.807, 2.05) is 6.92 Å². The Labute approximate surface area is 105 Å². The van der Waals surface area contributed by atoms with Crippen LogP contribution in [0.15, 0.2) is 18.2 Å². The number of nitrogens with two attached hydrogens (primary N) is 1. The second-order valence-corrected chi connectivity index (χ2v) is 4.78. The number of anilines is 1. The van der Waals surface area contributed by atoms with Crippen LogP contribution in [-0.4, -0.2) is 29.8 Å². The van der Waals surface area contributed by atoms with Gasteiger partial charge in [0, 0.05) is 37.2 Å². The number of aryl methyl sites for hydroxylation is 1. The fourth-order valence-electron chi connectivity index (χ4n) is 2.16. The van der Waals surface area contributed by atoms with Crippen LogP contribution in [0.1, 0.15) is 28.8 Å². The first-order valence-corrected chi connectivity index (χ1v) is 5.92. The SMILES string of the molecule is Cc1cc(N)cc(C(=O)N2CCC(F)(F)CC2)c1. The van der Waals surface area contributed by atoms with Gasteiger partial charge in [-0.2, -0.15) is 0 Å². The third-order valence-corrected chi connectivity index (χ3v) is 3.13. The van der Waals surface area contributed by atoms with Gasteiger partial charge in [0.25, 0.3) is 11.8 Å². The van der Waals surface area contributed by atoms with E-state index in [1.54, 1.807) is 18.2 Å². The molecule has 5 heteroatoms. The highest BCUT2D eigenvalue weighted by Gasteiger charge is 2.35. The molecule has 0 radical (unpaired) electrons. The van der Waals surface area contributed by atoms with Gasteiger partial charge in [-0.15, -0.1) is 0 Å². The van der Waals surface area contributed by atoms with E-state index in [2.05, 4.69) is 0 Å². The zero-order valence-corrected chi connectivity index (χ0v) is 10.2. The highest BCUT2D eigenvalue weighted by Crippen LogP contribution is 2.28. The predicted molar refractivity (Wildman–Crippen MR) is 65.7 cm³/mol. The fraction of sp³-hybridized carbons (Fsp3) is 0.462. The van der Waals surface area contributed by atoms with Crippen molar-refractivity contribution in [1.29, 1.82) is 0 Å². The first-order valence-electron chi connectivity index (χ1n) is 5.92. The summed E-state index contributed by atoms with van der Waals surface area (Å²) in [6.07, 6.45) is -0.528. The molecule has 1 fully saturated rings. The van der Waals surface area contributed by atoms with Crippen molar-refractivity contribution in [1.82, 2.24) is 4.90 Å². The van der Waals surface area contributed by atoms with Gasteiger partial charge < -0.3 is 10.6 Å². The van der Waals surface area contributed by atoms with Crippen LogP contribution in [0.25, 0.3) is 0 Å². The fourth-order valence-corrected chi connectivity index (χ4v) is 2.16. The molecular weight excluding hydrogens is 238 g/mol. The Bertz CT molecular complexity index is 444. The lowest BCUT2D eigenvalue weighted by Crippen LogP contribution is -2.42. The number of amides is 1. The van der Waals surface area contributed by atoms with Crippen LogP contribution in [0.5, 0.6) is 0 Å². The number of carbonyl (C=O) groups excluding carboxylic acids is 1. The highest BCUT2D eigenvalue weighted by atomic mass is 19.3. The number of rotatable bonds is 1. The van der Waals surface area contributed by atoms with Crippen LogP contribution in [0.3, 0.4) is 0 Å². The Hall–Kier alpha value is -1.65. The molecule has 1 aromatic rings. The Kier molecular flexibility index (Phi) is 3.24. The molecule has 2 N–H and O–H groups in total. The van der Waals surface area contributed by atoms with E-state index in [-0.39, 0.29) is 31.8 Å². The van der Waals surface area contributed by atoms with Crippen LogP contribution >= 0.6 is 0 Å². The van der Waals surface area contributed by atoms with Crippen molar-refractivity contribution in [3.8, 4) is 0 Å². The molecule has 2 rings (SSSR count). The minimum absolute atomic E-state index is 0.0969. The van der Waals surface area contributed by atoms with Crippen LogP contribution in [0.2, 0.25) is 0 Å². The van der Waals surface area contributed by atoms with Crippen molar-refractivity contribution >= 4 is 11.6 Å². The predicted octanol–water partition coefficient (Wildman–Crippen LogP) is 2.45. The summed E-state index contributed by atoms with van der Waals surface area (Å²) in [5.74, 6) is -2.86. The lowest BCUT2D eigenvalue weighted by molar-refractivity contribution is -0.0494. The molecule has 18 heavy (non-hydrogen) atoms. The number of carbonyl (C=O) groups is 1. The quantitative estimate of drug-likeness (QED) is 0.782. The zero-order valence-electron chi connectivity index (χ0n) is 10.2. The topological polar surface area (TPSA) is 46.3 Å². The van der Waals surface area contributed by atoms with Gasteiger partial charge in [0.15, 0.2) is 0 Å². The molecule has 0 unspecified atom stereocenters. The van der Waals surface area contributed by atoms with Crippen molar-refractivity contribution in [2.24, 2.45) is 0 Å². The van der Waals surface area contributed by atoms with Gasteiger partial charge in [0.1, 0.15) is 0 Å². The molecule has 1 heterocycles. The van der Waals surface area contributed by atoms with E-state index in [4.69, 9.17) is 5.73 Å². The normalized spacial score (nSPS) is 18.7. The van der Waals surface area contributed by atoms with Crippen LogP contribution in [0.4, 0.5) is 14.5 Å². The second kappa shape index (κ2) is 4.55. The molecule has 0 aliphatic carbocycles. The molecule has 3 nitrogen and oxygen atoms in total. The minimum Gasteiger partial charge on any atom is -0.399 e. The lowest BCUT2D eigenvalue weighted by Gasteiger charge is -2.31. The summed E-state index contributed by atoms with van der Waals surface area (Å²) in [4.78, 5) is 13.6. The molecule has 0 aromatic heterocycles. The molecule has 0 spiro atoms. The van der Waals surface area contributed by atoms with E-state index >= 15 is 0 Å². The molecule has 1 saturated heterocycles. The summed E-state index contributed by atoms with van der Waals surface area (Å²) in [6.45, 7) is 2.04. The van der Waals surface area contributed by atoms with Gasteiger partial charge in [-0.25, -0.2) is 8.78 Å². The number of nitrogen functional groups attached to an aromatic ring is 1. The summed E-state index contributed by atoms with van der Waals surface area (Å²) in [7, 11) is 0. The van der Waals surface area contributed by atoms with Gasteiger partial charge in [-0.05, 0) is 30.7 Å². The zero-order chi connectivity index (χ0) is 13.3. The average molecular weight is 254 g/mol. The smallest absolute Gasteiger partial charge is 0.253 e. The van der Waals surface area contributed by atoms with Gasteiger partial charge >= 0.3 is 0 Å². The van der Waals surface area contributed by atoms with Gasteiger partial charge in [-0.1, -0.05) is 0 Å². The first-order chi connectivity index (χ1) is 8.37. The summed E-state index contributed by atoms with van der Waals surface area (Å²) in [5.41, 5.74) is 7.55. The van der Waals surface area contributed by atoms with Crippen molar-refractivity contribution in [2.75, 3.05) is 18.8 Å². The number of benzene rings is 1. The van der Waals surface area contributed by atoms with Gasteiger partial charge in [-0.3, -0.25) is 4.79 Å². The average Bonchev–Trinajstić information content (AvgIpc) is 2.27. The number of alkyl halides is 2. The van der Waals surface area contributed by atoms with E-state index in [1.165, 1.54) is 4.90 Å². The standard InChI is InChI=1S/C13H16F2N2O/c1-9-6-10(8-11(16)7-9)12(18)17-4-2-13(14,15)3-5-17/h6-8H,2-5,16H2,1H3. The van der Waals surface area contributed by atoms with E-state index in [0.717, 1.165) is 5.56 Å². The number of piperidine rings is 1. The largest absolute Gasteiger partial charge is 0.399 e. The number of nitrogens with zero attached hydrogens (tertiary/aromatic N) is 1. The second-order valence-electron chi connectivity index (χ2n) is 4.78. The molecule has 0 bridgehead atoms. The Morgan fingerprint density at radius 2 is 1.89 bits per heavy atom. The monoisotopic (exact) mass is 254 g/mol. The Morgan fingerprint density at radius 1 is 1.28 bits per heavy atom. The third kappa shape index (κ3) is 2.78. The van der Waals surface area contributed by atoms with Crippen molar-refractivity contribution in [2.45, 2.75) is 25.7 Å². The summed E-state index contributed by atoms with van der Waals surface area (Å²) < 4.78 is 26.0. The van der Waals surface area contributed by atoms with E-state index in [0.29, 0.717) is 11.3 Å². The van der Waals surface area contributed by atoms with Crippen LogP contribution < -0.4 is 5.73 Å². The van der Waals surface area contributed by atoms with E-state index in [9.17, 15) is 13.6 Å². The number of hydrogen-bond donors (Lipinski definition) is 1. The maximum absolute atomic E-state index is 13.0. The Morgan fingerprint density at radius 3 is 2.44 bits per heavy atom. The minimum atomic E-state index is -2.64. The third-order valence-electron chi connectivity index (χ3n) is 3.13. The maximum Gasteiger partial charge on any atom is 0.253 e. The summed E-state index contributed by atoms with van der Waals surface area (Å²) in [5, 5.41) is 0. The highest BCUT2D eigenvalue weighted by molar-refractivity contribution is 5.95. The summed E-state index contributed by atoms with van der Waals surface area (Å²) in [6, 6.07) is 5.08. The lowest BCUT2D eigenvalue weighted by atomic mass is 10.0. The molecule has 0 atom stereocenters. The molecule has 98 valence electrons. The van der Waals surface area contributed by atoms with E-state index < -0.39 is 5.92 Å². The summed E-state index contributed by atoms with van der Waals surface area (Å²) >= 11 is 0. The molecule has 1 aromatic carbocycles. The number of halogens is 2. The first kappa shape index (κ1) is 12.8. The van der Waals surface area contributed by atoms with Crippen molar-refractivity contribution < 1.29 is 13.6 Å². The molecule has 1 aliphatic rings. The molecule has 0 saturated carbocycles. The number of likely N-dealkylation sites (tertiary alicyclic amines) is 1. The maximum atomic E-state index is 13.0. The molecular formula is C13H16F2N2O. The van der Waals surface area contributed by atoms with Crippen LogP contribution in [-0.2, 0) is 0 Å². The van der Waals surface area contributed by atoms with Crippen molar-refractivity contribution in [3.63, 3.8) is 0 Å². The van der Waals surface area contributed by atoms with Crippen molar-refractivity contribution in [3.05, 3.63) is 29.3 Å². The Balaban J connectivity index is 2.12. The number of hydrogen-bond acceptors (Lipinski definition) is 2. The van der Waals surface area contributed by atoms with Gasteiger partial charge in [0.05, 0.1) is 0 Å². The van der Waals surface area contributed by atoms with Crippen LogP contribution in [0, 0.1) is 6.92 Å². The van der Waals surface area contributed by atoms with Gasteiger partial charge in [0.2, 0.25) is 0 Å². The molecule has 1 aliphatic heterocycles.